The van der Waals surface area contributed by atoms with E-state index in [1.807, 2.05) is 17.0 Å². The van der Waals surface area contributed by atoms with Gasteiger partial charge in [-0.2, -0.15) is 0 Å². The van der Waals surface area contributed by atoms with Gasteiger partial charge in [0.1, 0.15) is 17.5 Å². The van der Waals surface area contributed by atoms with Crippen LogP contribution in [0.25, 0.3) is 0 Å². The van der Waals surface area contributed by atoms with Crippen molar-refractivity contribution in [3.05, 3.63) is 48.1 Å². The number of carbonyl (C=O) groups is 1. The van der Waals surface area contributed by atoms with Crippen LogP contribution in [-0.2, 0) is 23.8 Å². The summed E-state index contributed by atoms with van der Waals surface area (Å²) in [6.07, 6.45) is 21.8. The van der Waals surface area contributed by atoms with E-state index in [0.717, 1.165) is 75.3 Å². The Hall–Kier alpha value is -3.00. The zero-order chi connectivity index (χ0) is 42.6. The highest BCUT2D eigenvalue weighted by Gasteiger charge is 2.65. The number of phenolic OH excluding ortho intramolecular Hbond substituents is 1. The Morgan fingerprint density at radius 3 is 2.40 bits per heavy atom. The molecule has 12 nitrogen and oxygen atoms in total. The molecule has 2 heterocycles. The van der Waals surface area contributed by atoms with Crippen LogP contribution in [0.4, 0.5) is 0 Å². The number of aliphatic hydroxyl groups is 3. The summed E-state index contributed by atoms with van der Waals surface area (Å²) >= 11 is 0. The van der Waals surface area contributed by atoms with Crippen molar-refractivity contribution in [2.75, 3.05) is 52.8 Å². The van der Waals surface area contributed by atoms with E-state index in [2.05, 4.69) is 19.6 Å². The molecule has 2 fully saturated rings. The van der Waals surface area contributed by atoms with E-state index in [1.54, 1.807) is 12.1 Å². The summed E-state index contributed by atoms with van der Waals surface area (Å²) in [5, 5.41) is 45.3. The van der Waals surface area contributed by atoms with Crippen LogP contribution in [0, 0.1) is 17.8 Å². The molecule has 4 aliphatic rings. The van der Waals surface area contributed by atoms with Crippen molar-refractivity contribution in [2.45, 2.75) is 159 Å². The van der Waals surface area contributed by atoms with Crippen molar-refractivity contribution in [3.8, 4) is 11.5 Å². The molecular weight excluding hydrogens is 765 g/mol. The Morgan fingerprint density at radius 1 is 0.950 bits per heavy atom. The molecule has 1 unspecified atom stereocenters. The number of aliphatic hydroxyl groups excluding tert-OH is 3. The van der Waals surface area contributed by atoms with Gasteiger partial charge in [0.05, 0.1) is 44.7 Å². The van der Waals surface area contributed by atoms with E-state index >= 15 is 0 Å². The first kappa shape index (κ1) is 48.0. The molecule has 1 saturated carbocycles. The highest BCUT2D eigenvalue weighted by molar-refractivity contribution is 6.03. The third-order valence-corrected chi connectivity index (χ3v) is 13.0. The van der Waals surface area contributed by atoms with Gasteiger partial charge in [0, 0.05) is 50.5 Å². The first-order valence-corrected chi connectivity index (χ1v) is 23.4. The summed E-state index contributed by atoms with van der Waals surface area (Å²) in [5.74, 6) is -1.21. The maximum atomic E-state index is 14.8. The predicted octanol–water partition coefficient (Wildman–Crippen LogP) is 8.31. The van der Waals surface area contributed by atoms with Crippen LogP contribution in [-0.4, -0.2) is 108 Å². The van der Waals surface area contributed by atoms with Crippen LogP contribution < -0.4 is 4.74 Å². The van der Waals surface area contributed by atoms with Gasteiger partial charge in [-0.1, -0.05) is 88.4 Å². The number of unbranched alkanes of at least 4 members (excludes halogenated alkanes) is 10. The standard InChI is InChI=1S/C48H76N2O10/c1-3-5-6-7-8-9-10-11-12-21-44(55)50(25-31-56-32-28-53)43-35-41(49-60-45-22-15-18-30-57-45)39-33-36(19-13-16-26-51)38(20-14-17-27-52)46-40-34-37(54)23-24-42(40)59-48(43,47(39)46)58-29-4-2/h4,23-24,33-34,36,38,43,45-47,51-54H,2-3,5-22,25-32,35H2,1H3/t36-,38+,43-,45?,46+,47+,48+/m0/s1. The van der Waals surface area contributed by atoms with E-state index < -0.39 is 24.0 Å². The fraction of sp³-hybridized carbons (Fsp3) is 0.750. The van der Waals surface area contributed by atoms with Gasteiger partial charge in [0.15, 0.2) is 0 Å². The minimum atomic E-state index is -1.38. The summed E-state index contributed by atoms with van der Waals surface area (Å²) in [7, 11) is 0. The number of rotatable bonds is 29. The van der Waals surface area contributed by atoms with Gasteiger partial charge in [-0.25, -0.2) is 0 Å². The lowest BCUT2D eigenvalue weighted by molar-refractivity contribution is -0.258. The second-order valence-electron chi connectivity index (χ2n) is 17.2. The molecule has 0 aromatic heterocycles. The van der Waals surface area contributed by atoms with E-state index in [-0.39, 0.29) is 82.0 Å². The van der Waals surface area contributed by atoms with E-state index in [9.17, 15) is 25.2 Å². The summed E-state index contributed by atoms with van der Waals surface area (Å²) < 4.78 is 26.1. The van der Waals surface area contributed by atoms with Crippen molar-refractivity contribution < 1.29 is 49.0 Å². The van der Waals surface area contributed by atoms with Crippen molar-refractivity contribution in [1.29, 1.82) is 0 Å². The Balaban J connectivity index is 1.61. The number of allylic oxidation sites excluding steroid dienone is 1. The van der Waals surface area contributed by atoms with Gasteiger partial charge in [-0.05, 0) is 80.6 Å². The van der Waals surface area contributed by atoms with Crippen LogP contribution in [0.15, 0.2) is 47.7 Å². The summed E-state index contributed by atoms with van der Waals surface area (Å²) in [6.45, 7) is 7.75. The zero-order valence-electron chi connectivity index (χ0n) is 36.5. The highest BCUT2D eigenvalue weighted by atomic mass is 16.8. The first-order chi connectivity index (χ1) is 29.4. The van der Waals surface area contributed by atoms with Crippen molar-refractivity contribution in [3.63, 3.8) is 0 Å². The van der Waals surface area contributed by atoms with Gasteiger partial charge in [-0.15, -0.1) is 6.58 Å². The molecule has 0 spiro atoms. The number of aromatic hydroxyl groups is 1. The fourth-order valence-corrected chi connectivity index (χ4v) is 10.1. The second kappa shape index (κ2) is 25.8. The fourth-order valence-electron chi connectivity index (χ4n) is 10.1. The smallest absolute Gasteiger partial charge is 0.239 e. The molecule has 1 saturated heterocycles. The summed E-state index contributed by atoms with van der Waals surface area (Å²) in [6, 6.07) is 4.60. The summed E-state index contributed by atoms with van der Waals surface area (Å²) in [4.78, 5) is 22.9. The van der Waals surface area contributed by atoms with Crippen LogP contribution in [0.1, 0.15) is 147 Å². The predicted molar refractivity (Wildman–Crippen MR) is 233 cm³/mol. The van der Waals surface area contributed by atoms with E-state index in [4.69, 9.17) is 28.9 Å². The van der Waals surface area contributed by atoms with Gasteiger partial charge < -0.3 is 49.1 Å². The maximum Gasteiger partial charge on any atom is 0.239 e. The van der Waals surface area contributed by atoms with E-state index in [1.165, 1.54) is 38.5 Å². The number of ether oxygens (including phenoxy) is 4. The van der Waals surface area contributed by atoms with Gasteiger partial charge in [0.2, 0.25) is 18.0 Å². The average molecular weight is 841 g/mol. The van der Waals surface area contributed by atoms with Gasteiger partial charge in [0.25, 0.3) is 0 Å². The number of oxime groups is 1. The molecule has 1 aromatic carbocycles. The van der Waals surface area contributed by atoms with Gasteiger partial charge in [-0.3, -0.25) is 4.79 Å². The average Bonchev–Trinajstić information content (AvgIpc) is 3.26. The van der Waals surface area contributed by atoms with E-state index in [0.29, 0.717) is 37.3 Å². The molecule has 0 radical (unpaired) electrons. The largest absolute Gasteiger partial charge is 0.508 e. The third-order valence-electron chi connectivity index (χ3n) is 13.0. The Morgan fingerprint density at radius 2 is 1.70 bits per heavy atom. The molecule has 12 heteroatoms. The molecule has 0 bridgehead atoms. The van der Waals surface area contributed by atoms with Crippen molar-refractivity contribution in [2.24, 2.45) is 22.9 Å². The number of benzene rings is 1. The Labute approximate surface area is 359 Å². The summed E-state index contributed by atoms with van der Waals surface area (Å²) in [5.41, 5.74) is 2.53. The molecule has 1 amide bonds. The zero-order valence-corrected chi connectivity index (χ0v) is 36.5. The molecule has 7 atom stereocenters. The third kappa shape index (κ3) is 12.8. The molecule has 5 rings (SSSR count). The Bertz CT molecular complexity index is 1500. The maximum absolute atomic E-state index is 14.8. The lowest BCUT2D eigenvalue weighted by Gasteiger charge is -2.60. The number of nitrogens with zero attached hydrogens (tertiary/aromatic N) is 2. The Kier molecular flexibility index (Phi) is 20.7. The molecule has 2 aliphatic carbocycles. The molecule has 60 heavy (non-hydrogen) atoms. The normalized spacial score (nSPS) is 26.5. The number of hydrogen-bond donors (Lipinski definition) is 4. The molecule has 338 valence electrons. The SMILES string of the molecule is C=CCO[C@@]12Oc3ccc(O)cc3[C@H]3[C@H](CCCCO)[C@@H](CCCCO)C=C(C(=NOC4CCCCO4)C[C@@H]1N(CCOCCO)C(=O)CCCCCCCCCCC)[C@H]32. The first-order valence-electron chi connectivity index (χ1n) is 23.4. The van der Waals surface area contributed by atoms with Crippen molar-refractivity contribution >= 4 is 11.6 Å². The number of carbonyl (C=O) groups excluding carboxylic acids is 1. The number of fused-ring (bicyclic) bond motifs is 2. The van der Waals surface area contributed by atoms with Crippen LogP contribution in [0.3, 0.4) is 0 Å². The minimum Gasteiger partial charge on any atom is -0.508 e. The molecule has 4 N–H and O–H groups in total. The molecular formula is C48H76N2O10. The van der Waals surface area contributed by atoms with Crippen LogP contribution in [0.5, 0.6) is 11.5 Å². The number of amides is 1. The van der Waals surface area contributed by atoms with Crippen LogP contribution >= 0.6 is 0 Å². The van der Waals surface area contributed by atoms with Gasteiger partial charge >= 0.3 is 0 Å². The highest BCUT2D eigenvalue weighted by Crippen LogP contribution is 2.62. The quantitative estimate of drug-likeness (QED) is 0.0351. The minimum absolute atomic E-state index is 0.0192. The topological polar surface area (TPSA) is 160 Å². The molecule has 1 aromatic rings. The van der Waals surface area contributed by atoms with Crippen molar-refractivity contribution in [1.82, 2.24) is 4.90 Å². The number of hydrogen-bond acceptors (Lipinski definition) is 11. The number of phenols is 1. The monoisotopic (exact) mass is 841 g/mol. The lowest BCUT2D eigenvalue weighted by atomic mass is 9.55. The van der Waals surface area contributed by atoms with Crippen LogP contribution in [0.2, 0.25) is 0 Å². The lowest BCUT2D eigenvalue weighted by Crippen LogP contribution is -2.70. The molecule has 2 aliphatic heterocycles. The second-order valence-corrected chi connectivity index (χ2v) is 17.2.